The number of ketones is 1. The van der Waals surface area contributed by atoms with Crippen LogP contribution in [0.4, 0.5) is 17.2 Å². The van der Waals surface area contributed by atoms with Crippen LogP contribution in [0.2, 0.25) is 0 Å². The molecular weight excluding hydrogens is 380 g/mol. The van der Waals surface area contributed by atoms with E-state index in [4.69, 9.17) is 11.6 Å². The lowest BCUT2D eigenvalue weighted by Crippen LogP contribution is -2.13. The van der Waals surface area contributed by atoms with Crippen molar-refractivity contribution in [3.63, 3.8) is 0 Å². The Labute approximate surface area is 163 Å². The summed E-state index contributed by atoms with van der Waals surface area (Å²) in [5, 5.41) is 6.72. The number of aromatic nitrogens is 3. The van der Waals surface area contributed by atoms with Gasteiger partial charge in [0, 0.05) is 18.0 Å². The zero-order valence-electron chi connectivity index (χ0n) is 15.9. The molecule has 0 fully saturated rings. The number of hydrogen-bond donors (Lipinski definition) is 3. The van der Waals surface area contributed by atoms with Gasteiger partial charge in [-0.15, -0.1) is 5.10 Å². The second-order valence-corrected chi connectivity index (χ2v) is 8.15. The number of nitrogens with one attached hydrogen (secondary N) is 1. The van der Waals surface area contributed by atoms with E-state index >= 15 is 0 Å². The van der Waals surface area contributed by atoms with Gasteiger partial charge in [0.25, 0.3) is 0 Å². The van der Waals surface area contributed by atoms with Gasteiger partial charge in [-0.3, -0.25) is 4.79 Å². The number of nitrogens with zero attached hydrogens (tertiary/aromatic N) is 3. The number of allylic oxidation sites excluding steroid dienone is 4. The van der Waals surface area contributed by atoms with E-state index in [-0.39, 0.29) is 27.8 Å². The van der Waals surface area contributed by atoms with Gasteiger partial charge in [0.15, 0.2) is 26.5 Å². The van der Waals surface area contributed by atoms with Gasteiger partial charge in [0.05, 0.1) is 16.9 Å². The van der Waals surface area contributed by atoms with Gasteiger partial charge in [0.2, 0.25) is 0 Å². The third-order valence-corrected chi connectivity index (χ3v) is 4.92. The second kappa shape index (κ2) is 7.69. The van der Waals surface area contributed by atoms with Crippen LogP contribution in [0.15, 0.2) is 53.7 Å². The molecule has 0 unspecified atom stereocenters. The molecule has 0 bridgehead atoms. The second-order valence-electron chi connectivity index (χ2n) is 6.18. The number of carbonyl (C=O) groups is 1. The SMILES string of the molecule is C=C/C=C(\C(=C)C)C(=O)c1cnc(S(C)(=O)=O)cc1Nc1nn(N)c(C)c1N. The van der Waals surface area contributed by atoms with E-state index < -0.39 is 15.6 Å². The highest BCUT2D eigenvalue weighted by Crippen LogP contribution is 2.29. The fraction of sp³-hybridized carbons (Fsp3) is 0.167. The zero-order chi connectivity index (χ0) is 21.2. The summed E-state index contributed by atoms with van der Waals surface area (Å²) in [6.45, 7) is 10.7. The number of anilines is 3. The van der Waals surface area contributed by atoms with Crippen molar-refractivity contribution in [3.8, 4) is 0 Å². The molecule has 28 heavy (non-hydrogen) atoms. The van der Waals surface area contributed by atoms with E-state index in [1.54, 1.807) is 13.8 Å². The Kier molecular flexibility index (Phi) is 5.74. The summed E-state index contributed by atoms with van der Waals surface area (Å²) in [7, 11) is -3.61. The molecule has 0 saturated heterocycles. The van der Waals surface area contributed by atoms with Crippen molar-refractivity contribution < 1.29 is 13.2 Å². The highest BCUT2D eigenvalue weighted by Gasteiger charge is 2.22. The predicted octanol–water partition coefficient (Wildman–Crippen LogP) is 1.90. The first kappa shape index (κ1) is 20.9. The van der Waals surface area contributed by atoms with Gasteiger partial charge >= 0.3 is 0 Å². The lowest BCUT2D eigenvalue weighted by molar-refractivity contribution is 0.103. The Hall–Kier alpha value is -3.40. The molecule has 0 radical (unpaired) electrons. The lowest BCUT2D eigenvalue weighted by atomic mass is 9.98. The Morgan fingerprint density at radius 1 is 1.39 bits per heavy atom. The average Bonchev–Trinajstić information content (AvgIpc) is 2.85. The molecule has 10 heteroatoms. The van der Waals surface area contributed by atoms with Crippen molar-refractivity contribution in [3.05, 3.63) is 60.0 Å². The fourth-order valence-corrected chi connectivity index (χ4v) is 2.93. The number of carbonyl (C=O) groups excluding carboxylic acids is 1. The smallest absolute Gasteiger partial charge is 0.196 e. The fourth-order valence-electron chi connectivity index (χ4n) is 2.35. The molecule has 9 nitrogen and oxygen atoms in total. The van der Waals surface area contributed by atoms with Crippen LogP contribution in [0.1, 0.15) is 23.0 Å². The minimum absolute atomic E-state index is 0.118. The van der Waals surface area contributed by atoms with Crippen LogP contribution in [0.25, 0.3) is 0 Å². The maximum Gasteiger partial charge on any atom is 0.196 e. The molecule has 2 rings (SSSR count). The molecule has 2 heterocycles. The molecule has 0 aromatic carbocycles. The third kappa shape index (κ3) is 4.12. The van der Waals surface area contributed by atoms with Gasteiger partial charge < -0.3 is 16.9 Å². The maximum absolute atomic E-state index is 13.0. The van der Waals surface area contributed by atoms with Crippen LogP contribution in [-0.2, 0) is 9.84 Å². The standard InChI is InChI=1S/C18H22N6O3S/c1-6-7-12(10(2)3)17(25)13-9-21-15(28(5,26)27)8-14(13)22-18-16(19)11(4)24(20)23-18/h6-9H,1-2,19-20H2,3-5H3,(H,21,22,23)/b12-7+. The summed E-state index contributed by atoms with van der Waals surface area (Å²) in [4.78, 5) is 18.0. The number of Topliss-reactive ketones (excluding diaryl/α,β-unsaturated/α-hetero) is 1. The van der Waals surface area contributed by atoms with Crippen LogP contribution < -0.4 is 16.9 Å². The summed E-state index contributed by atoms with van der Waals surface area (Å²) in [5.74, 6) is 5.47. The maximum atomic E-state index is 13.0. The van der Waals surface area contributed by atoms with Crippen LogP contribution in [0.5, 0.6) is 0 Å². The van der Waals surface area contributed by atoms with Crippen molar-refractivity contribution in [1.82, 2.24) is 14.9 Å². The molecule has 0 saturated carbocycles. The number of sulfone groups is 1. The first-order chi connectivity index (χ1) is 13.0. The summed E-state index contributed by atoms with van der Waals surface area (Å²) in [6.07, 6.45) is 5.19. The van der Waals surface area contributed by atoms with Crippen molar-refractivity contribution in [1.29, 1.82) is 0 Å². The Morgan fingerprint density at radius 2 is 2.04 bits per heavy atom. The first-order valence-corrected chi connectivity index (χ1v) is 9.97. The van der Waals surface area contributed by atoms with Crippen LogP contribution in [0.3, 0.4) is 0 Å². The van der Waals surface area contributed by atoms with Crippen LogP contribution in [0, 0.1) is 6.92 Å². The van der Waals surface area contributed by atoms with Gasteiger partial charge in [-0.2, -0.15) is 4.79 Å². The predicted molar refractivity (Wildman–Crippen MR) is 110 cm³/mol. The summed E-state index contributed by atoms with van der Waals surface area (Å²) in [6, 6.07) is 1.25. The first-order valence-electron chi connectivity index (χ1n) is 8.08. The van der Waals surface area contributed by atoms with Gasteiger partial charge in [-0.25, -0.2) is 13.4 Å². The quantitative estimate of drug-likeness (QED) is 0.275. The minimum atomic E-state index is -3.61. The molecule has 0 aliphatic carbocycles. The minimum Gasteiger partial charge on any atom is -0.394 e. The van der Waals surface area contributed by atoms with Crippen molar-refractivity contribution in [2.24, 2.45) is 0 Å². The number of rotatable bonds is 7. The summed E-state index contributed by atoms with van der Waals surface area (Å²) in [5.41, 5.74) is 7.85. The monoisotopic (exact) mass is 402 g/mol. The van der Waals surface area contributed by atoms with Crippen molar-refractivity contribution in [2.75, 3.05) is 23.1 Å². The van der Waals surface area contributed by atoms with E-state index in [9.17, 15) is 13.2 Å². The van der Waals surface area contributed by atoms with Crippen molar-refractivity contribution >= 4 is 32.8 Å². The van der Waals surface area contributed by atoms with Gasteiger partial charge in [0.1, 0.15) is 5.69 Å². The normalized spacial score (nSPS) is 11.9. The number of pyridine rings is 1. The van der Waals surface area contributed by atoms with E-state index in [0.717, 1.165) is 11.0 Å². The molecule has 0 amide bonds. The average molecular weight is 402 g/mol. The highest BCUT2D eigenvalue weighted by atomic mass is 32.2. The molecule has 2 aromatic heterocycles. The van der Waals surface area contributed by atoms with Gasteiger partial charge in [-0.05, 0) is 25.5 Å². The molecule has 148 valence electrons. The van der Waals surface area contributed by atoms with E-state index in [1.165, 1.54) is 24.4 Å². The lowest BCUT2D eigenvalue weighted by Gasteiger charge is -2.13. The van der Waals surface area contributed by atoms with E-state index in [0.29, 0.717) is 16.8 Å². The van der Waals surface area contributed by atoms with Crippen LogP contribution in [-0.4, -0.2) is 35.3 Å². The number of nitrogens with two attached hydrogens (primary N) is 2. The Morgan fingerprint density at radius 3 is 2.50 bits per heavy atom. The van der Waals surface area contributed by atoms with Gasteiger partial charge in [-0.1, -0.05) is 25.3 Å². The number of hydrogen-bond acceptors (Lipinski definition) is 8. The highest BCUT2D eigenvalue weighted by molar-refractivity contribution is 7.90. The zero-order valence-corrected chi connectivity index (χ0v) is 16.7. The topological polar surface area (TPSA) is 146 Å². The molecule has 2 aromatic rings. The molecule has 0 spiro atoms. The van der Waals surface area contributed by atoms with Crippen LogP contribution >= 0.6 is 0 Å². The van der Waals surface area contributed by atoms with Crippen molar-refractivity contribution in [2.45, 2.75) is 18.9 Å². The third-order valence-electron chi connectivity index (χ3n) is 3.94. The molecule has 0 aliphatic rings. The molecule has 0 atom stereocenters. The summed E-state index contributed by atoms with van der Waals surface area (Å²) < 4.78 is 23.8. The molecule has 0 aliphatic heterocycles. The largest absolute Gasteiger partial charge is 0.394 e. The van der Waals surface area contributed by atoms with E-state index in [2.05, 4.69) is 28.6 Å². The number of nitrogen functional groups attached to an aromatic ring is 2. The Balaban J connectivity index is 2.67. The summed E-state index contributed by atoms with van der Waals surface area (Å²) >= 11 is 0. The van der Waals surface area contributed by atoms with E-state index in [1.807, 2.05) is 0 Å². The molecule has 5 N–H and O–H groups in total. The Bertz CT molecular complexity index is 1110. The molecular formula is C18H22N6O3S.